The minimum Gasteiger partial charge on any atom is -0.493 e. The maximum absolute atomic E-state index is 11.9. The molecule has 0 atom stereocenters. The zero-order valence-corrected chi connectivity index (χ0v) is 14.5. The van der Waals surface area contributed by atoms with E-state index in [0.29, 0.717) is 24.5 Å². The van der Waals surface area contributed by atoms with Crippen LogP contribution < -0.4 is 14.8 Å². The van der Waals surface area contributed by atoms with E-state index in [1.54, 1.807) is 7.11 Å². The number of amides is 1. The molecule has 0 aromatic heterocycles. The number of ether oxygens (including phenoxy) is 2. The van der Waals surface area contributed by atoms with Crippen LogP contribution in [0.3, 0.4) is 0 Å². The average molecular weight is 376 g/mol. The zero-order valence-electron chi connectivity index (χ0n) is 12.9. The number of halogens is 1. The van der Waals surface area contributed by atoms with Gasteiger partial charge in [-0.2, -0.15) is 0 Å². The topological polar surface area (TPSA) is 47.6 Å². The first-order chi connectivity index (χ1) is 11.2. The molecule has 2 aliphatic heterocycles. The van der Waals surface area contributed by atoms with Gasteiger partial charge >= 0.3 is 0 Å². The van der Waals surface area contributed by atoms with E-state index in [9.17, 15) is 4.79 Å². The molecule has 2 heterocycles. The van der Waals surface area contributed by atoms with Gasteiger partial charge in [0.25, 0.3) is 0 Å². The highest BCUT2D eigenvalue weighted by atomic mass is 79.9. The van der Waals surface area contributed by atoms with Crippen molar-refractivity contribution in [3.05, 3.63) is 52.0 Å². The van der Waals surface area contributed by atoms with Crippen molar-refractivity contribution in [2.75, 3.05) is 13.7 Å². The molecule has 0 saturated heterocycles. The van der Waals surface area contributed by atoms with Gasteiger partial charge in [-0.25, -0.2) is 0 Å². The number of methoxy groups -OCH3 is 1. The molecule has 4 bridgehead atoms. The lowest BCUT2D eigenvalue weighted by Gasteiger charge is -2.15. The van der Waals surface area contributed by atoms with E-state index in [1.165, 1.54) is 0 Å². The predicted molar refractivity (Wildman–Crippen MR) is 92.2 cm³/mol. The van der Waals surface area contributed by atoms with E-state index < -0.39 is 0 Å². The van der Waals surface area contributed by atoms with Crippen LogP contribution in [0.4, 0.5) is 0 Å². The van der Waals surface area contributed by atoms with Crippen LogP contribution in [0, 0.1) is 0 Å². The minimum absolute atomic E-state index is 0.0762. The highest BCUT2D eigenvalue weighted by Crippen LogP contribution is 2.36. The number of rotatable bonds is 1. The standard InChI is InChI=1S/C18H18BrNO3/c1-22-16-11-15(19)13-8-9-20-18(21)7-4-12-2-5-14(6-3-12)23-17(16)10-13/h2-3,5-6,10-11H,4,7-9H2,1H3,(H,20,21). The Balaban J connectivity index is 1.99. The monoisotopic (exact) mass is 375 g/mol. The van der Waals surface area contributed by atoms with Crippen LogP contribution in [0.15, 0.2) is 40.9 Å². The van der Waals surface area contributed by atoms with Gasteiger partial charge in [0.15, 0.2) is 11.5 Å². The molecular weight excluding hydrogens is 358 g/mol. The van der Waals surface area contributed by atoms with Crippen LogP contribution in [0.2, 0.25) is 0 Å². The molecule has 2 aromatic rings. The Bertz CT molecular complexity index is 713. The molecule has 0 aliphatic carbocycles. The molecule has 0 spiro atoms. The normalized spacial score (nSPS) is 14.6. The van der Waals surface area contributed by atoms with Gasteiger partial charge in [-0.15, -0.1) is 0 Å². The molecule has 4 rings (SSSR count). The second kappa shape index (κ2) is 7.04. The zero-order chi connectivity index (χ0) is 16.2. The van der Waals surface area contributed by atoms with E-state index in [0.717, 1.165) is 34.2 Å². The molecule has 4 nitrogen and oxygen atoms in total. The highest BCUT2D eigenvalue weighted by Gasteiger charge is 2.13. The molecule has 1 amide bonds. The number of benzene rings is 2. The lowest BCUT2D eigenvalue weighted by molar-refractivity contribution is -0.121. The number of hydrogen-bond donors (Lipinski definition) is 1. The van der Waals surface area contributed by atoms with Crippen LogP contribution in [-0.2, 0) is 17.6 Å². The van der Waals surface area contributed by atoms with Gasteiger partial charge < -0.3 is 14.8 Å². The third-order valence-electron chi connectivity index (χ3n) is 3.84. The number of hydrogen-bond acceptors (Lipinski definition) is 3. The first-order valence-electron chi connectivity index (χ1n) is 7.55. The first-order valence-corrected chi connectivity index (χ1v) is 8.35. The van der Waals surface area contributed by atoms with Gasteiger partial charge in [-0.05, 0) is 48.2 Å². The van der Waals surface area contributed by atoms with Gasteiger partial charge in [0.2, 0.25) is 5.91 Å². The van der Waals surface area contributed by atoms with Crippen LogP contribution in [0.25, 0.3) is 0 Å². The fraction of sp³-hybridized carbons (Fsp3) is 0.278. The molecule has 0 fully saturated rings. The number of carbonyl (C=O) groups excluding carboxylic acids is 1. The third kappa shape index (κ3) is 3.85. The van der Waals surface area contributed by atoms with E-state index in [4.69, 9.17) is 9.47 Å². The van der Waals surface area contributed by atoms with Crippen molar-refractivity contribution >= 4 is 21.8 Å². The molecule has 2 aromatic carbocycles. The van der Waals surface area contributed by atoms with Crippen LogP contribution >= 0.6 is 15.9 Å². The summed E-state index contributed by atoms with van der Waals surface area (Å²) in [5, 5.41) is 2.96. The summed E-state index contributed by atoms with van der Waals surface area (Å²) in [6.45, 7) is 0.598. The molecule has 0 unspecified atom stereocenters. The van der Waals surface area contributed by atoms with Crippen molar-refractivity contribution in [1.29, 1.82) is 0 Å². The molecule has 23 heavy (non-hydrogen) atoms. The first kappa shape index (κ1) is 15.9. The molecule has 2 aliphatic rings. The predicted octanol–water partition coefficient (Wildman–Crippen LogP) is 3.85. The Morgan fingerprint density at radius 3 is 2.65 bits per heavy atom. The Labute approximate surface area is 143 Å². The molecule has 0 radical (unpaired) electrons. The minimum atomic E-state index is 0.0762. The van der Waals surface area contributed by atoms with Crippen molar-refractivity contribution in [2.24, 2.45) is 0 Å². The SMILES string of the molecule is COc1cc(Br)c2cc1Oc1ccc(cc1)CCC(=O)NCC2. The Morgan fingerprint density at radius 2 is 1.91 bits per heavy atom. The fourth-order valence-corrected chi connectivity index (χ4v) is 3.06. The van der Waals surface area contributed by atoms with Crippen molar-refractivity contribution in [1.82, 2.24) is 5.32 Å². The summed E-state index contributed by atoms with van der Waals surface area (Å²) in [5.41, 5.74) is 2.18. The van der Waals surface area contributed by atoms with Gasteiger partial charge in [0.05, 0.1) is 7.11 Å². The second-order valence-electron chi connectivity index (χ2n) is 5.44. The summed E-state index contributed by atoms with van der Waals surface area (Å²) in [5.74, 6) is 2.16. The molecule has 5 heteroatoms. The van der Waals surface area contributed by atoms with Crippen molar-refractivity contribution < 1.29 is 14.3 Å². The van der Waals surface area contributed by atoms with E-state index in [-0.39, 0.29) is 5.91 Å². The number of aryl methyl sites for hydroxylation is 1. The van der Waals surface area contributed by atoms with Gasteiger partial charge in [-0.3, -0.25) is 4.79 Å². The Morgan fingerprint density at radius 1 is 1.13 bits per heavy atom. The quantitative estimate of drug-likeness (QED) is 0.823. The average Bonchev–Trinajstić information content (AvgIpc) is 2.56. The van der Waals surface area contributed by atoms with Crippen molar-refractivity contribution in [2.45, 2.75) is 19.3 Å². The van der Waals surface area contributed by atoms with Crippen molar-refractivity contribution in [3.8, 4) is 17.2 Å². The maximum atomic E-state index is 11.9. The molecule has 1 N–H and O–H groups in total. The summed E-state index contributed by atoms with van der Waals surface area (Å²) < 4.78 is 12.3. The van der Waals surface area contributed by atoms with E-state index in [2.05, 4.69) is 21.2 Å². The third-order valence-corrected chi connectivity index (χ3v) is 4.58. The summed E-state index contributed by atoms with van der Waals surface area (Å²) in [6.07, 6.45) is 1.95. The summed E-state index contributed by atoms with van der Waals surface area (Å²) >= 11 is 3.55. The molecular formula is C18H18BrNO3. The summed E-state index contributed by atoms with van der Waals surface area (Å²) in [4.78, 5) is 11.9. The van der Waals surface area contributed by atoms with Crippen LogP contribution in [-0.4, -0.2) is 19.6 Å². The molecule has 0 saturated carbocycles. The lowest BCUT2D eigenvalue weighted by Crippen LogP contribution is -2.26. The highest BCUT2D eigenvalue weighted by molar-refractivity contribution is 9.10. The van der Waals surface area contributed by atoms with Gasteiger partial charge in [-0.1, -0.05) is 28.1 Å². The maximum Gasteiger partial charge on any atom is 0.220 e. The fourth-order valence-electron chi connectivity index (χ4n) is 2.54. The number of fused-ring (bicyclic) bond motifs is 7. The number of carbonyl (C=O) groups is 1. The lowest BCUT2D eigenvalue weighted by atomic mass is 10.1. The smallest absolute Gasteiger partial charge is 0.220 e. The van der Waals surface area contributed by atoms with Crippen molar-refractivity contribution in [3.63, 3.8) is 0 Å². The summed E-state index contributed by atoms with van der Waals surface area (Å²) in [7, 11) is 1.62. The van der Waals surface area contributed by atoms with Gasteiger partial charge in [0.1, 0.15) is 5.75 Å². The van der Waals surface area contributed by atoms with E-state index >= 15 is 0 Å². The summed E-state index contributed by atoms with van der Waals surface area (Å²) in [6, 6.07) is 11.7. The Hall–Kier alpha value is -2.01. The largest absolute Gasteiger partial charge is 0.493 e. The van der Waals surface area contributed by atoms with Gasteiger partial charge in [0, 0.05) is 17.4 Å². The molecule has 120 valence electrons. The Kier molecular flexibility index (Phi) is 4.86. The second-order valence-corrected chi connectivity index (χ2v) is 6.29. The van der Waals surface area contributed by atoms with E-state index in [1.807, 2.05) is 36.4 Å². The van der Waals surface area contributed by atoms with Crippen LogP contribution in [0.1, 0.15) is 17.5 Å². The number of nitrogens with one attached hydrogen (secondary N) is 1. The van der Waals surface area contributed by atoms with Crippen LogP contribution in [0.5, 0.6) is 17.2 Å².